The maximum absolute atomic E-state index is 5.19. The molecule has 0 bridgehead atoms. The summed E-state index contributed by atoms with van der Waals surface area (Å²) in [7, 11) is 1.61. The summed E-state index contributed by atoms with van der Waals surface area (Å²) < 4.78 is 10.0. The van der Waals surface area contributed by atoms with Crippen LogP contribution in [0.2, 0.25) is 0 Å². The molecule has 1 aromatic carbocycles. The highest BCUT2D eigenvalue weighted by Crippen LogP contribution is 2.17. The first-order valence-electron chi connectivity index (χ1n) is 4.33. The van der Waals surface area contributed by atoms with Gasteiger partial charge in [0.15, 0.2) is 0 Å². The number of hydrogen-bond donors (Lipinski definition) is 1. The number of benzene rings is 1. The fraction of sp³-hybridized carbons (Fsp3) is 0.400. The Balaban J connectivity index is 0.000000671. The van der Waals surface area contributed by atoms with Gasteiger partial charge < -0.3 is 9.47 Å². The van der Waals surface area contributed by atoms with Crippen LogP contribution >= 0.6 is 0 Å². The average molecular weight is 183 g/mol. The molecule has 0 aliphatic heterocycles. The standard InChI is InChI=1S/C8H11NO2.C2H6/c1-10-7-3-2-4-8(5-7)11-6-9;1-2/h2-5H,6,9H2,1H3;1-2H3. The highest BCUT2D eigenvalue weighted by atomic mass is 16.5. The molecule has 74 valence electrons. The van der Waals surface area contributed by atoms with Crippen LogP contribution in [-0.4, -0.2) is 13.8 Å². The number of hydrogen-bond acceptors (Lipinski definition) is 3. The lowest BCUT2D eigenvalue weighted by Crippen LogP contribution is -2.07. The summed E-state index contributed by atoms with van der Waals surface area (Å²) >= 11 is 0. The van der Waals surface area contributed by atoms with Crippen LogP contribution < -0.4 is 15.2 Å². The molecule has 0 radical (unpaired) electrons. The van der Waals surface area contributed by atoms with E-state index in [9.17, 15) is 0 Å². The summed E-state index contributed by atoms with van der Waals surface area (Å²) in [6, 6.07) is 7.31. The van der Waals surface area contributed by atoms with E-state index in [0.29, 0.717) is 0 Å². The summed E-state index contributed by atoms with van der Waals surface area (Å²) in [6.45, 7) is 4.19. The van der Waals surface area contributed by atoms with E-state index in [2.05, 4.69) is 0 Å². The molecule has 0 aliphatic rings. The molecule has 0 unspecified atom stereocenters. The molecule has 3 heteroatoms. The molecule has 0 aliphatic carbocycles. The lowest BCUT2D eigenvalue weighted by molar-refractivity contribution is 0.326. The largest absolute Gasteiger partial charge is 0.497 e. The lowest BCUT2D eigenvalue weighted by Gasteiger charge is -2.03. The molecular weight excluding hydrogens is 166 g/mol. The number of ether oxygens (including phenoxy) is 2. The molecule has 0 atom stereocenters. The van der Waals surface area contributed by atoms with Gasteiger partial charge in [0.1, 0.15) is 18.2 Å². The van der Waals surface area contributed by atoms with Gasteiger partial charge in [0.25, 0.3) is 0 Å². The van der Waals surface area contributed by atoms with Gasteiger partial charge in [0.05, 0.1) is 7.11 Å². The molecule has 0 spiro atoms. The van der Waals surface area contributed by atoms with Crippen molar-refractivity contribution in [2.24, 2.45) is 5.73 Å². The van der Waals surface area contributed by atoms with E-state index in [4.69, 9.17) is 15.2 Å². The molecule has 2 N–H and O–H groups in total. The molecule has 3 nitrogen and oxygen atoms in total. The fourth-order valence-corrected chi connectivity index (χ4v) is 0.787. The molecule has 13 heavy (non-hydrogen) atoms. The van der Waals surface area contributed by atoms with Crippen molar-refractivity contribution in [2.75, 3.05) is 13.8 Å². The van der Waals surface area contributed by atoms with Gasteiger partial charge in [-0.15, -0.1) is 0 Å². The minimum atomic E-state index is 0.188. The third-order valence-corrected chi connectivity index (χ3v) is 1.29. The van der Waals surface area contributed by atoms with Crippen molar-refractivity contribution < 1.29 is 9.47 Å². The normalized spacial score (nSPS) is 8.31. The summed E-state index contributed by atoms with van der Waals surface area (Å²) in [5, 5.41) is 0. The van der Waals surface area contributed by atoms with Crippen LogP contribution in [0.15, 0.2) is 24.3 Å². The van der Waals surface area contributed by atoms with E-state index < -0.39 is 0 Å². The van der Waals surface area contributed by atoms with Gasteiger partial charge in [-0.25, -0.2) is 0 Å². The van der Waals surface area contributed by atoms with Crippen LogP contribution in [0.1, 0.15) is 13.8 Å². The van der Waals surface area contributed by atoms with Crippen molar-refractivity contribution in [3.63, 3.8) is 0 Å². The zero-order valence-corrected chi connectivity index (χ0v) is 8.41. The summed E-state index contributed by atoms with van der Waals surface area (Å²) in [6.07, 6.45) is 0. The zero-order valence-electron chi connectivity index (χ0n) is 8.41. The molecule has 1 aromatic rings. The maximum atomic E-state index is 5.19. The smallest absolute Gasteiger partial charge is 0.137 e. The Morgan fingerprint density at radius 2 is 1.85 bits per heavy atom. The van der Waals surface area contributed by atoms with Crippen LogP contribution in [-0.2, 0) is 0 Å². The first-order valence-corrected chi connectivity index (χ1v) is 4.33. The van der Waals surface area contributed by atoms with Crippen LogP contribution in [0, 0.1) is 0 Å². The third-order valence-electron chi connectivity index (χ3n) is 1.29. The molecule has 0 saturated heterocycles. The number of nitrogens with two attached hydrogens (primary N) is 1. The second-order valence-electron chi connectivity index (χ2n) is 1.99. The summed E-state index contributed by atoms with van der Waals surface area (Å²) in [5.74, 6) is 1.50. The molecular formula is C10H17NO2. The molecule has 0 heterocycles. The second-order valence-corrected chi connectivity index (χ2v) is 1.99. The minimum absolute atomic E-state index is 0.188. The van der Waals surface area contributed by atoms with Gasteiger partial charge in [-0.05, 0) is 12.1 Å². The Kier molecular flexibility index (Phi) is 6.73. The van der Waals surface area contributed by atoms with Crippen molar-refractivity contribution in [3.05, 3.63) is 24.3 Å². The van der Waals surface area contributed by atoms with Gasteiger partial charge in [0.2, 0.25) is 0 Å². The topological polar surface area (TPSA) is 44.5 Å². The number of rotatable bonds is 3. The van der Waals surface area contributed by atoms with Crippen molar-refractivity contribution in [1.29, 1.82) is 0 Å². The number of methoxy groups -OCH3 is 1. The van der Waals surface area contributed by atoms with Crippen molar-refractivity contribution in [2.45, 2.75) is 13.8 Å². The van der Waals surface area contributed by atoms with Crippen molar-refractivity contribution in [3.8, 4) is 11.5 Å². The lowest BCUT2D eigenvalue weighted by atomic mass is 10.3. The zero-order chi connectivity index (χ0) is 10.1. The third kappa shape index (κ3) is 4.38. The molecule has 0 fully saturated rings. The van der Waals surface area contributed by atoms with E-state index in [1.807, 2.05) is 32.0 Å². The summed E-state index contributed by atoms with van der Waals surface area (Å²) in [4.78, 5) is 0. The Morgan fingerprint density at radius 3 is 2.38 bits per heavy atom. The van der Waals surface area contributed by atoms with Gasteiger partial charge in [-0.3, -0.25) is 5.73 Å². The van der Waals surface area contributed by atoms with Crippen molar-refractivity contribution >= 4 is 0 Å². The Bertz CT molecular complexity index is 226. The first-order chi connectivity index (χ1) is 6.36. The van der Waals surface area contributed by atoms with Crippen LogP contribution in [0.25, 0.3) is 0 Å². The maximum Gasteiger partial charge on any atom is 0.137 e. The van der Waals surface area contributed by atoms with Gasteiger partial charge in [-0.1, -0.05) is 19.9 Å². The van der Waals surface area contributed by atoms with Crippen LogP contribution in [0.4, 0.5) is 0 Å². The van der Waals surface area contributed by atoms with E-state index in [0.717, 1.165) is 11.5 Å². The predicted molar refractivity (Wildman–Crippen MR) is 54.0 cm³/mol. The Morgan fingerprint density at radius 1 is 1.23 bits per heavy atom. The fourth-order valence-electron chi connectivity index (χ4n) is 0.787. The molecule has 0 aromatic heterocycles. The SMILES string of the molecule is CC.COc1cccc(OCN)c1. The van der Waals surface area contributed by atoms with Gasteiger partial charge in [-0.2, -0.15) is 0 Å². The Labute approximate surface area is 79.5 Å². The quantitative estimate of drug-likeness (QED) is 0.729. The molecule has 0 saturated carbocycles. The van der Waals surface area contributed by atoms with E-state index >= 15 is 0 Å². The van der Waals surface area contributed by atoms with Crippen LogP contribution in [0.3, 0.4) is 0 Å². The van der Waals surface area contributed by atoms with E-state index in [1.54, 1.807) is 13.2 Å². The van der Waals surface area contributed by atoms with E-state index in [-0.39, 0.29) is 6.73 Å². The molecule has 0 amide bonds. The van der Waals surface area contributed by atoms with Crippen LogP contribution in [0.5, 0.6) is 11.5 Å². The van der Waals surface area contributed by atoms with E-state index in [1.165, 1.54) is 0 Å². The summed E-state index contributed by atoms with van der Waals surface area (Å²) in [5.41, 5.74) is 5.19. The highest BCUT2D eigenvalue weighted by molar-refractivity contribution is 5.32. The Hall–Kier alpha value is -1.22. The first kappa shape index (κ1) is 11.8. The molecule has 1 rings (SSSR count). The van der Waals surface area contributed by atoms with Crippen molar-refractivity contribution in [1.82, 2.24) is 0 Å². The minimum Gasteiger partial charge on any atom is -0.497 e. The monoisotopic (exact) mass is 183 g/mol. The predicted octanol–water partition coefficient (Wildman–Crippen LogP) is 2.02. The van der Waals surface area contributed by atoms with Gasteiger partial charge >= 0.3 is 0 Å². The van der Waals surface area contributed by atoms with Gasteiger partial charge in [0, 0.05) is 6.07 Å². The average Bonchev–Trinajstić information content (AvgIpc) is 2.22. The highest BCUT2D eigenvalue weighted by Gasteiger charge is 1.93. The second kappa shape index (κ2) is 7.43.